The molecule has 2 aliphatic carbocycles. The molecule has 8 heteroatoms. The second kappa shape index (κ2) is 10.1. The summed E-state index contributed by atoms with van der Waals surface area (Å²) in [4.78, 5) is 17.6. The second-order valence-electron chi connectivity index (χ2n) is 8.62. The van der Waals surface area contributed by atoms with Gasteiger partial charge in [0.1, 0.15) is 24.3 Å². The summed E-state index contributed by atoms with van der Waals surface area (Å²) in [5.74, 6) is 2.51. The molecule has 2 fully saturated rings. The van der Waals surface area contributed by atoms with Crippen LogP contribution in [-0.2, 0) is 4.74 Å². The van der Waals surface area contributed by atoms with Gasteiger partial charge in [0.2, 0.25) is 0 Å². The maximum atomic E-state index is 5.22. The van der Waals surface area contributed by atoms with Gasteiger partial charge in [-0.15, -0.1) is 0 Å². The predicted octanol–water partition coefficient (Wildman–Crippen LogP) is 3.10. The SMILES string of the molecule is COCC(C)NC1CCC(Nc2cc(-c3cc(NCC4CC4)ncn3)ncn2)CC1. The van der Waals surface area contributed by atoms with E-state index in [2.05, 4.69) is 42.8 Å². The highest BCUT2D eigenvalue weighted by Gasteiger charge is 2.23. The van der Waals surface area contributed by atoms with Gasteiger partial charge in [-0.2, -0.15) is 0 Å². The molecule has 30 heavy (non-hydrogen) atoms. The van der Waals surface area contributed by atoms with Crippen LogP contribution in [0.1, 0.15) is 45.4 Å². The summed E-state index contributed by atoms with van der Waals surface area (Å²) in [5, 5.41) is 10.7. The van der Waals surface area contributed by atoms with Crippen LogP contribution in [0.4, 0.5) is 11.6 Å². The third kappa shape index (κ3) is 6.09. The van der Waals surface area contributed by atoms with Crippen molar-refractivity contribution in [3.63, 3.8) is 0 Å². The molecule has 0 bridgehead atoms. The van der Waals surface area contributed by atoms with Crippen molar-refractivity contribution in [2.24, 2.45) is 5.92 Å². The Morgan fingerprint density at radius 2 is 1.53 bits per heavy atom. The topological polar surface area (TPSA) is 96.9 Å². The summed E-state index contributed by atoms with van der Waals surface area (Å²) in [6.07, 6.45) is 10.4. The maximum Gasteiger partial charge on any atom is 0.130 e. The summed E-state index contributed by atoms with van der Waals surface area (Å²) < 4.78 is 5.22. The van der Waals surface area contributed by atoms with Crippen molar-refractivity contribution < 1.29 is 4.74 Å². The average molecular weight is 412 g/mol. The molecule has 4 rings (SSSR count). The number of hydrogen-bond donors (Lipinski definition) is 3. The van der Waals surface area contributed by atoms with Gasteiger partial charge >= 0.3 is 0 Å². The quantitative estimate of drug-likeness (QED) is 0.549. The van der Waals surface area contributed by atoms with Crippen LogP contribution in [0.15, 0.2) is 24.8 Å². The minimum absolute atomic E-state index is 0.394. The van der Waals surface area contributed by atoms with E-state index in [1.54, 1.807) is 19.8 Å². The fraction of sp³-hybridized carbons (Fsp3) is 0.636. The minimum Gasteiger partial charge on any atom is -0.383 e. The Morgan fingerprint density at radius 1 is 0.900 bits per heavy atom. The summed E-state index contributed by atoms with van der Waals surface area (Å²) in [5.41, 5.74) is 1.63. The van der Waals surface area contributed by atoms with Crippen molar-refractivity contribution in [3.8, 4) is 11.4 Å². The number of aromatic nitrogens is 4. The highest BCUT2D eigenvalue weighted by atomic mass is 16.5. The van der Waals surface area contributed by atoms with Gasteiger partial charge in [0, 0.05) is 43.9 Å². The Morgan fingerprint density at radius 3 is 2.20 bits per heavy atom. The summed E-state index contributed by atoms with van der Waals surface area (Å²) >= 11 is 0. The van der Waals surface area contributed by atoms with E-state index in [1.807, 2.05) is 12.1 Å². The van der Waals surface area contributed by atoms with Crippen molar-refractivity contribution in [2.45, 2.75) is 63.6 Å². The van der Waals surface area contributed by atoms with Crippen LogP contribution in [0, 0.1) is 5.92 Å². The number of nitrogens with zero attached hydrogens (tertiary/aromatic N) is 4. The molecule has 0 amide bonds. The van der Waals surface area contributed by atoms with Crippen LogP contribution < -0.4 is 16.0 Å². The molecule has 0 saturated heterocycles. The molecule has 2 saturated carbocycles. The highest BCUT2D eigenvalue weighted by molar-refractivity contribution is 5.61. The maximum absolute atomic E-state index is 5.22. The monoisotopic (exact) mass is 411 g/mol. The lowest BCUT2D eigenvalue weighted by molar-refractivity contribution is 0.161. The smallest absolute Gasteiger partial charge is 0.130 e. The van der Waals surface area contributed by atoms with Crippen molar-refractivity contribution >= 4 is 11.6 Å². The molecular weight excluding hydrogens is 378 g/mol. The highest BCUT2D eigenvalue weighted by Crippen LogP contribution is 2.29. The number of anilines is 2. The van der Waals surface area contributed by atoms with E-state index in [1.165, 1.54) is 12.8 Å². The molecule has 2 aromatic heterocycles. The van der Waals surface area contributed by atoms with Crippen LogP contribution in [0.3, 0.4) is 0 Å². The third-order valence-corrected chi connectivity index (χ3v) is 5.88. The molecule has 0 aromatic carbocycles. The van der Waals surface area contributed by atoms with Crippen molar-refractivity contribution in [3.05, 3.63) is 24.8 Å². The third-order valence-electron chi connectivity index (χ3n) is 5.88. The van der Waals surface area contributed by atoms with E-state index < -0.39 is 0 Å². The van der Waals surface area contributed by atoms with Crippen LogP contribution in [0.2, 0.25) is 0 Å². The normalized spacial score (nSPS) is 22.5. The number of rotatable bonds is 10. The first-order valence-corrected chi connectivity index (χ1v) is 11.1. The fourth-order valence-corrected chi connectivity index (χ4v) is 4.06. The first-order chi connectivity index (χ1) is 14.7. The van der Waals surface area contributed by atoms with Crippen LogP contribution in [-0.4, -0.2) is 58.3 Å². The summed E-state index contributed by atoms with van der Waals surface area (Å²) in [7, 11) is 1.75. The van der Waals surface area contributed by atoms with Crippen molar-refractivity contribution in [2.75, 3.05) is 30.9 Å². The molecule has 8 nitrogen and oxygen atoms in total. The van der Waals surface area contributed by atoms with Gasteiger partial charge in [-0.3, -0.25) is 0 Å². The van der Waals surface area contributed by atoms with Gasteiger partial charge in [0.15, 0.2) is 0 Å². The molecule has 2 aliphatic rings. The summed E-state index contributed by atoms with van der Waals surface area (Å²) in [6.45, 7) is 3.91. The molecule has 0 radical (unpaired) electrons. The number of ether oxygens (including phenoxy) is 1. The van der Waals surface area contributed by atoms with Crippen LogP contribution >= 0.6 is 0 Å². The van der Waals surface area contributed by atoms with Crippen molar-refractivity contribution in [1.82, 2.24) is 25.3 Å². The average Bonchev–Trinajstić information content (AvgIpc) is 3.59. The molecule has 0 spiro atoms. The number of nitrogens with one attached hydrogen (secondary N) is 3. The van der Waals surface area contributed by atoms with E-state index in [-0.39, 0.29) is 0 Å². The van der Waals surface area contributed by atoms with E-state index in [9.17, 15) is 0 Å². The molecule has 2 aromatic rings. The lowest BCUT2D eigenvalue weighted by Gasteiger charge is -2.31. The van der Waals surface area contributed by atoms with E-state index >= 15 is 0 Å². The number of methoxy groups -OCH3 is 1. The standard InChI is InChI=1S/C22H33N7O/c1-15(12-30-2)28-17-5-7-18(8-6-17)29-22-10-20(25-14-27-22)19-9-21(26-13-24-19)23-11-16-3-4-16/h9-10,13-18,28H,3-8,11-12H2,1-2H3,(H,23,24,26)(H,25,27,29). The Kier molecular flexibility index (Phi) is 7.07. The predicted molar refractivity (Wildman–Crippen MR) is 118 cm³/mol. The zero-order chi connectivity index (χ0) is 20.8. The fourth-order valence-electron chi connectivity index (χ4n) is 4.06. The van der Waals surface area contributed by atoms with Gasteiger partial charge < -0.3 is 20.7 Å². The Balaban J connectivity index is 1.31. The first kappa shape index (κ1) is 20.9. The Labute approximate surface area is 178 Å². The van der Waals surface area contributed by atoms with Gasteiger partial charge in [-0.25, -0.2) is 19.9 Å². The molecule has 3 N–H and O–H groups in total. The first-order valence-electron chi connectivity index (χ1n) is 11.1. The van der Waals surface area contributed by atoms with E-state index in [0.717, 1.165) is 67.8 Å². The minimum atomic E-state index is 0.394. The molecule has 1 unspecified atom stereocenters. The van der Waals surface area contributed by atoms with Gasteiger partial charge in [-0.05, 0) is 51.4 Å². The zero-order valence-corrected chi connectivity index (χ0v) is 18.0. The lowest BCUT2D eigenvalue weighted by atomic mass is 9.90. The molecular formula is C22H33N7O. The Bertz CT molecular complexity index is 806. The molecule has 0 aliphatic heterocycles. The molecule has 1 atom stereocenters. The van der Waals surface area contributed by atoms with Gasteiger partial charge in [0.25, 0.3) is 0 Å². The van der Waals surface area contributed by atoms with Gasteiger partial charge in [-0.1, -0.05) is 0 Å². The van der Waals surface area contributed by atoms with Gasteiger partial charge in [0.05, 0.1) is 18.0 Å². The number of hydrogen-bond acceptors (Lipinski definition) is 8. The van der Waals surface area contributed by atoms with E-state index in [4.69, 9.17) is 4.74 Å². The van der Waals surface area contributed by atoms with Crippen LogP contribution in [0.25, 0.3) is 11.4 Å². The second-order valence-corrected chi connectivity index (χ2v) is 8.62. The Hall–Kier alpha value is -2.32. The molecule has 162 valence electrons. The summed E-state index contributed by atoms with van der Waals surface area (Å²) in [6, 6.07) is 5.34. The zero-order valence-electron chi connectivity index (χ0n) is 18.0. The van der Waals surface area contributed by atoms with E-state index in [0.29, 0.717) is 18.1 Å². The van der Waals surface area contributed by atoms with Crippen molar-refractivity contribution in [1.29, 1.82) is 0 Å². The lowest BCUT2D eigenvalue weighted by Crippen LogP contribution is -2.42. The van der Waals surface area contributed by atoms with Crippen LogP contribution in [0.5, 0.6) is 0 Å². The molecule has 2 heterocycles. The largest absolute Gasteiger partial charge is 0.383 e.